The molecule has 2 aromatic carbocycles. The second kappa shape index (κ2) is 11.2. The molecule has 0 radical (unpaired) electrons. The molecule has 0 aliphatic carbocycles. The van der Waals surface area contributed by atoms with Gasteiger partial charge in [0, 0.05) is 55.5 Å². The molecule has 1 unspecified atom stereocenters. The zero-order valence-electron chi connectivity index (χ0n) is 18.2. The van der Waals surface area contributed by atoms with Gasteiger partial charge in [-0.1, -0.05) is 43.6 Å². The number of rotatable bonds is 8. The number of anilines is 1. The molecule has 31 heavy (non-hydrogen) atoms. The number of carbonyl (C=O) groups is 2. The van der Waals surface area contributed by atoms with Crippen LogP contribution in [0.25, 0.3) is 0 Å². The zero-order chi connectivity index (χ0) is 22.2. The Labute approximate surface area is 189 Å². The Bertz CT molecular complexity index is 850. The first kappa shape index (κ1) is 23.1. The quantitative estimate of drug-likeness (QED) is 0.659. The van der Waals surface area contributed by atoms with Gasteiger partial charge in [0.1, 0.15) is 6.04 Å². The summed E-state index contributed by atoms with van der Waals surface area (Å²) in [6, 6.07) is 16.5. The lowest BCUT2D eigenvalue weighted by Gasteiger charge is -2.36. The minimum Gasteiger partial charge on any atom is -0.369 e. The van der Waals surface area contributed by atoms with E-state index in [0.29, 0.717) is 17.1 Å². The molecule has 1 aliphatic rings. The third kappa shape index (κ3) is 6.71. The predicted molar refractivity (Wildman–Crippen MR) is 126 cm³/mol. The number of para-hydroxylation sites is 1. The third-order valence-electron chi connectivity index (χ3n) is 5.56. The maximum Gasteiger partial charge on any atom is 0.251 e. The molecule has 0 bridgehead atoms. The van der Waals surface area contributed by atoms with Crippen molar-refractivity contribution in [3.63, 3.8) is 0 Å². The Morgan fingerprint density at radius 1 is 0.968 bits per heavy atom. The Morgan fingerprint density at radius 2 is 1.61 bits per heavy atom. The molecule has 7 heteroatoms. The van der Waals surface area contributed by atoms with Gasteiger partial charge in [0.05, 0.1) is 0 Å². The fraction of sp³-hybridized carbons (Fsp3) is 0.417. The first-order valence-electron chi connectivity index (χ1n) is 10.8. The molecule has 1 fully saturated rings. The molecule has 0 aromatic heterocycles. The van der Waals surface area contributed by atoms with Crippen LogP contribution in [0.2, 0.25) is 5.02 Å². The predicted octanol–water partition coefficient (Wildman–Crippen LogP) is 3.03. The van der Waals surface area contributed by atoms with Crippen LogP contribution >= 0.6 is 11.6 Å². The van der Waals surface area contributed by atoms with Crippen molar-refractivity contribution in [2.24, 2.45) is 5.92 Å². The van der Waals surface area contributed by atoms with E-state index in [0.717, 1.165) is 32.7 Å². The summed E-state index contributed by atoms with van der Waals surface area (Å²) < 4.78 is 0. The highest BCUT2D eigenvalue weighted by Crippen LogP contribution is 2.15. The number of hydrogen-bond donors (Lipinski definition) is 2. The van der Waals surface area contributed by atoms with Crippen LogP contribution in [0.15, 0.2) is 54.6 Å². The Hall–Kier alpha value is -2.57. The van der Waals surface area contributed by atoms with Gasteiger partial charge in [-0.3, -0.25) is 14.5 Å². The van der Waals surface area contributed by atoms with E-state index in [1.807, 2.05) is 19.9 Å². The minimum absolute atomic E-state index is 0.0225. The summed E-state index contributed by atoms with van der Waals surface area (Å²) >= 11 is 5.88. The second-order valence-corrected chi connectivity index (χ2v) is 8.59. The maximum absolute atomic E-state index is 12.7. The van der Waals surface area contributed by atoms with Gasteiger partial charge in [0.15, 0.2) is 0 Å². The topological polar surface area (TPSA) is 64.7 Å². The van der Waals surface area contributed by atoms with Crippen LogP contribution in [0.4, 0.5) is 5.69 Å². The van der Waals surface area contributed by atoms with E-state index in [4.69, 9.17) is 11.6 Å². The van der Waals surface area contributed by atoms with Gasteiger partial charge >= 0.3 is 0 Å². The molecule has 0 spiro atoms. The lowest BCUT2D eigenvalue weighted by molar-refractivity contribution is -0.124. The molecule has 1 saturated heterocycles. The summed E-state index contributed by atoms with van der Waals surface area (Å²) in [7, 11) is 0. The van der Waals surface area contributed by atoms with Gasteiger partial charge in [-0.2, -0.15) is 0 Å². The van der Waals surface area contributed by atoms with Crippen molar-refractivity contribution in [1.82, 2.24) is 15.5 Å². The van der Waals surface area contributed by atoms with Crippen molar-refractivity contribution in [3.05, 3.63) is 65.2 Å². The van der Waals surface area contributed by atoms with Crippen LogP contribution in [0.1, 0.15) is 24.2 Å². The largest absolute Gasteiger partial charge is 0.369 e. The maximum atomic E-state index is 12.7. The monoisotopic (exact) mass is 442 g/mol. The van der Waals surface area contributed by atoms with Crippen LogP contribution in [0, 0.1) is 5.92 Å². The van der Waals surface area contributed by atoms with E-state index in [2.05, 4.69) is 44.7 Å². The standard InChI is InChI=1S/C24H31ClN4O2/c1-18(2)22(27-23(30)19-8-10-20(25)11-9-19)24(31)26-12-13-28-14-16-29(17-15-28)21-6-4-3-5-7-21/h3-11,18,22H,12-17H2,1-2H3,(H,26,31)(H,27,30). The third-order valence-corrected chi connectivity index (χ3v) is 5.82. The molecule has 2 amide bonds. The number of piperazine rings is 1. The van der Waals surface area contributed by atoms with Crippen molar-refractivity contribution >= 4 is 29.1 Å². The summed E-state index contributed by atoms with van der Waals surface area (Å²) in [5, 5.41) is 6.41. The number of halogens is 1. The van der Waals surface area contributed by atoms with E-state index in [9.17, 15) is 9.59 Å². The lowest BCUT2D eigenvalue weighted by Crippen LogP contribution is -2.52. The van der Waals surface area contributed by atoms with Crippen molar-refractivity contribution < 1.29 is 9.59 Å². The smallest absolute Gasteiger partial charge is 0.251 e. The number of hydrogen-bond acceptors (Lipinski definition) is 4. The fourth-order valence-corrected chi connectivity index (χ4v) is 3.80. The Morgan fingerprint density at radius 3 is 2.23 bits per heavy atom. The molecule has 2 aromatic rings. The van der Waals surface area contributed by atoms with Gasteiger partial charge in [-0.25, -0.2) is 0 Å². The molecule has 0 saturated carbocycles. The SMILES string of the molecule is CC(C)C(NC(=O)c1ccc(Cl)cc1)C(=O)NCCN1CCN(c2ccccc2)CC1. The molecule has 6 nitrogen and oxygen atoms in total. The highest BCUT2D eigenvalue weighted by Gasteiger charge is 2.25. The molecule has 1 atom stereocenters. The fourth-order valence-electron chi connectivity index (χ4n) is 3.68. The van der Waals surface area contributed by atoms with Crippen molar-refractivity contribution in [1.29, 1.82) is 0 Å². The normalized spacial score (nSPS) is 15.5. The van der Waals surface area contributed by atoms with Gasteiger partial charge in [-0.05, 0) is 42.3 Å². The zero-order valence-corrected chi connectivity index (χ0v) is 18.9. The molecule has 1 aliphatic heterocycles. The van der Waals surface area contributed by atoms with Gasteiger partial charge in [0.25, 0.3) is 5.91 Å². The van der Waals surface area contributed by atoms with Gasteiger partial charge in [0.2, 0.25) is 5.91 Å². The highest BCUT2D eigenvalue weighted by atomic mass is 35.5. The number of amides is 2. The highest BCUT2D eigenvalue weighted by molar-refractivity contribution is 6.30. The molecule has 1 heterocycles. The van der Waals surface area contributed by atoms with E-state index in [1.165, 1.54) is 5.69 Å². The molecule has 2 N–H and O–H groups in total. The second-order valence-electron chi connectivity index (χ2n) is 8.16. The van der Waals surface area contributed by atoms with Crippen molar-refractivity contribution in [2.75, 3.05) is 44.2 Å². The van der Waals surface area contributed by atoms with Gasteiger partial charge in [-0.15, -0.1) is 0 Å². The number of benzene rings is 2. The van der Waals surface area contributed by atoms with Crippen LogP contribution in [-0.2, 0) is 4.79 Å². The first-order valence-corrected chi connectivity index (χ1v) is 11.2. The summed E-state index contributed by atoms with van der Waals surface area (Å²) in [6.45, 7) is 9.09. The molecular weight excluding hydrogens is 412 g/mol. The Kier molecular flexibility index (Phi) is 8.32. The van der Waals surface area contributed by atoms with E-state index < -0.39 is 6.04 Å². The summed E-state index contributed by atoms with van der Waals surface area (Å²) in [5.41, 5.74) is 1.74. The van der Waals surface area contributed by atoms with Gasteiger partial charge < -0.3 is 15.5 Å². The molecular formula is C24H31ClN4O2. The summed E-state index contributed by atoms with van der Waals surface area (Å²) in [6.07, 6.45) is 0. The van der Waals surface area contributed by atoms with Crippen molar-refractivity contribution in [3.8, 4) is 0 Å². The summed E-state index contributed by atoms with van der Waals surface area (Å²) in [5.74, 6) is -0.451. The lowest BCUT2D eigenvalue weighted by atomic mass is 10.0. The molecule has 166 valence electrons. The van der Waals surface area contributed by atoms with E-state index in [1.54, 1.807) is 24.3 Å². The van der Waals surface area contributed by atoms with Crippen LogP contribution in [0.5, 0.6) is 0 Å². The summed E-state index contributed by atoms with van der Waals surface area (Å²) in [4.78, 5) is 30.0. The average Bonchev–Trinajstić information content (AvgIpc) is 2.78. The van der Waals surface area contributed by atoms with Crippen LogP contribution < -0.4 is 15.5 Å². The average molecular weight is 443 g/mol. The van der Waals surface area contributed by atoms with E-state index in [-0.39, 0.29) is 17.7 Å². The minimum atomic E-state index is -0.585. The van der Waals surface area contributed by atoms with Crippen LogP contribution in [0.3, 0.4) is 0 Å². The number of carbonyl (C=O) groups excluding carboxylic acids is 2. The number of nitrogens with one attached hydrogen (secondary N) is 2. The first-order chi connectivity index (χ1) is 14.9. The van der Waals surface area contributed by atoms with E-state index >= 15 is 0 Å². The molecule has 3 rings (SSSR count). The number of nitrogens with zero attached hydrogens (tertiary/aromatic N) is 2. The van der Waals surface area contributed by atoms with Crippen molar-refractivity contribution in [2.45, 2.75) is 19.9 Å². The van der Waals surface area contributed by atoms with Crippen LogP contribution in [-0.4, -0.2) is 62.0 Å². The Balaban J connectivity index is 1.43.